The van der Waals surface area contributed by atoms with Gasteiger partial charge in [-0.2, -0.15) is 0 Å². The van der Waals surface area contributed by atoms with Gasteiger partial charge in [-0.25, -0.2) is 4.79 Å². The minimum atomic E-state index is -2.78. The molecule has 1 N–H and O–H groups in total. The Balaban J connectivity index is 2.05. The van der Waals surface area contributed by atoms with Crippen LogP contribution in [0.3, 0.4) is 0 Å². The summed E-state index contributed by atoms with van der Waals surface area (Å²) in [5.41, 5.74) is 1.13. The first kappa shape index (κ1) is 29.5. The van der Waals surface area contributed by atoms with Crippen LogP contribution in [-0.4, -0.2) is 56.7 Å². The molecule has 3 aromatic carbocycles. The predicted octanol–water partition coefficient (Wildman–Crippen LogP) is 4.55. The van der Waals surface area contributed by atoms with Crippen LogP contribution >= 0.6 is 0 Å². The van der Waals surface area contributed by atoms with Crippen LogP contribution in [0.4, 0.5) is 0 Å². The Hall–Kier alpha value is -3.03. The molecule has 0 aliphatic carbocycles. The monoisotopic (exact) mass is 531 g/mol. The average molecular weight is 532 g/mol. The van der Waals surface area contributed by atoms with Crippen molar-refractivity contribution in [2.75, 3.05) is 26.4 Å². The minimum Gasteiger partial charge on any atom is -0.463 e. The van der Waals surface area contributed by atoms with E-state index in [4.69, 9.17) is 9.16 Å². The van der Waals surface area contributed by atoms with Gasteiger partial charge < -0.3 is 14.3 Å². The lowest BCUT2D eigenvalue weighted by Crippen LogP contribution is -2.67. The van der Waals surface area contributed by atoms with Gasteiger partial charge in [-0.15, -0.1) is 0 Å². The Labute approximate surface area is 228 Å². The SMILES string of the molecule is CCOC(=O)/C=C/[C@@H](CO[Si](c1ccccc1)(c1ccccc1)C(C)(C)C)N(CCO)Cc1ccccc1. The number of ether oxygens (including phenoxy) is 1. The topological polar surface area (TPSA) is 59.0 Å². The molecule has 0 aromatic heterocycles. The normalized spacial score (nSPS) is 13.1. The second-order valence-electron chi connectivity index (χ2n) is 10.3. The molecule has 3 rings (SSSR count). The standard InChI is InChI=1S/C32H41NO4Si/c1-5-36-31(35)22-21-28(33(23-24-34)25-27-15-9-6-10-16-27)26-37-38(32(2,3)4,29-17-11-7-12-18-29)30-19-13-8-14-20-30/h6-22,28,34H,5,23-26H2,1-4H3/b22-21+/t28-/m0/s1. The van der Waals surface area contributed by atoms with E-state index in [-0.39, 0.29) is 23.7 Å². The molecule has 38 heavy (non-hydrogen) atoms. The molecule has 0 unspecified atom stereocenters. The van der Waals surface area contributed by atoms with Gasteiger partial charge in [0.25, 0.3) is 8.32 Å². The number of benzene rings is 3. The second kappa shape index (κ2) is 14.2. The first-order chi connectivity index (χ1) is 18.3. The third-order valence-electron chi connectivity index (χ3n) is 6.71. The van der Waals surface area contributed by atoms with Crippen molar-refractivity contribution in [3.05, 3.63) is 109 Å². The largest absolute Gasteiger partial charge is 0.463 e. The van der Waals surface area contributed by atoms with Gasteiger partial charge in [0.1, 0.15) is 0 Å². The molecule has 5 nitrogen and oxygen atoms in total. The van der Waals surface area contributed by atoms with Crippen LogP contribution in [0.25, 0.3) is 0 Å². The van der Waals surface area contributed by atoms with Crippen molar-refractivity contribution >= 4 is 24.7 Å². The molecule has 0 radical (unpaired) electrons. The second-order valence-corrected chi connectivity index (χ2v) is 14.6. The molecule has 0 spiro atoms. The summed E-state index contributed by atoms with van der Waals surface area (Å²) in [6.07, 6.45) is 3.34. The van der Waals surface area contributed by atoms with Crippen molar-refractivity contribution in [2.24, 2.45) is 0 Å². The van der Waals surface area contributed by atoms with E-state index in [9.17, 15) is 9.90 Å². The van der Waals surface area contributed by atoms with Crippen molar-refractivity contribution in [1.82, 2.24) is 4.90 Å². The van der Waals surface area contributed by atoms with E-state index in [1.54, 1.807) is 6.92 Å². The minimum absolute atomic E-state index is 0.00417. The fraction of sp³-hybridized carbons (Fsp3) is 0.344. The van der Waals surface area contributed by atoms with Gasteiger partial charge in [-0.05, 0) is 27.9 Å². The van der Waals surface area contributed by atoms with Crippen molar-refractivity contribution in [3.8, 4) is 0 Å². The number of esters is 1. The molecular weight excluding hydrogens is 490 g/mol. The summed E-state index contributed by atoms with van der Waals surface area (Å²) in [5.74, 6) is -0.383. The first-order valence-electron chi connectivity index (χ1n) is 13.3. The summed E-state index contributed by atoms with van der Waals surface area (Å²) < 4.78 is 12.4. The summed E-state index contributed by atoms with van der Waals surface area (Å²) in [6, 6.07) is 30.9. The van der Waals surface area contributed by atoms with Gasteiger partial charge in [0.05, 0.1) is 25.9 Å². The lowest BCUT2D eigenvalue weighted by atomic mass is 10.1. The maximum Gasteiger partial charge on any atom is 0.330 e. The molecule has 6 heteroatoms. The molecule has 0 saturated carbocycles. The fourth-order valence-electron chi connectivity index (χ4n) is 4.94. The van der Waals surface area contributed by atoms with E-state index in [1.165, 1.54) is 16.4 Å². The number of rotatable bonds is 13. The highest BCUT2D eigenvalue weighted by molar-refractivity contribution is 6.99. The summed E-state index contributed by atoms with van der Waals surface area (Å²) in [4.78, 5) is 14.4. The van der Waals surface area contributed by atoms with Crippen molar-refractivity contribution in [2.45, 2.75) is 45.3 Å². The molecule has 0 amide bonds. The Morgan fingerprint density at radius 2 is 1.45 bits per heavy atom. The van der Waals surface area contributed by atoms with Crippen LogP contribution in [0, 0.1) is 0 Å². The van der Waals surface area contributed by atoms with E-state index < -0.39 is 8.32 Å². The molecule has 0 fully saturated rings. The zero-order valence-corrected chi connectivity index (χ0v) is 24.0. The Bertz CT molecular complexity index is 1090. The van der Waals surface area contributed by atoms with Crippen LogP contribution in [-0.2, 0) is 20.5 Å². The number of hydrogen-bond donors (Lipinski definition) is 1. The Morgan fingerprint density at radius 3 is 1.92 bits per heavy atom. The van der Waals surface area contributed by atoms with E-state index in [0.717, 1.165) is 5.56 Å². The van der Waals surface area contributed by atoms with Crippen molar-refractivity contribution in [3.63, 3.8) is 0 Å². The van der Waals surface area contributed by atoms with Crippen LogP contribution in [0.2, 0.25) is 5.04 Å². The zero-order chi connectivity index (χ0) is 27.4. The number of aliphatic hydroxyl groups excluding tert-OH is 1. The molecule has 0 heterocycles. The summed E-state index contributed by atoms with van der Waals surface area (Å²) >= 11 is 0. The van der Waals surface area contributed by atoms with E-state index in [2.05, 4.69) is 86.3 Å². The van der Waals surface area contributed by atoms with E-state index in [1.807, 2.05) is 36.4 Å². The molecule has 202 valence electrons. The lowest BCUT2D eigenvalue weighted by Gasteiger charge is -2.44. The van der Waals surface area contributed by atoms with E-state index in [0.29, 0.717) is 26.3 Å². The number of aliphatic hydroxyl groups is 1. The van der Waals surface area contributed by atoms with Gasteiger partial charge >= 0.3 is 5.97 Å². The molecule has 0 aliphatic rings. The molecule has 3 aromatic rings. The average Bonchev–Trinajstić information content (AvgIpc) is 2.92. The molecule has 0 bridgehead atoms. The maximum absolute atomic E-state index is 12.3. The van der Waals surface area contributed by atoms with Crippen LogP contribution in [0.1, 0.15) is 33.3 Å². The highest BCUT2D eigenvalue weighted by atomic mass is 28.4. The molecule has 1 atom stereocenters. The smallest absolute Gasteiger partial charge is 0.330 e. The van der Waals surface area contributed by atoms with Gasteiger partial charge in [-0.1, -0.05) is 118 Å². The third-order valence-corrected chi connectivity index (χ3v) is 11.7. The van der Waals surface area contributed by atoms with Crippen molar-refractivity contribution in [1.29, 1.82) is 0 Å². The molecular formula is C32H41NO4Si. The fourth-order valence-corrected chi connectivity index (χ4v) is 9.52. The van der Waals surface area contributed by atoms with E-state index >= 15 is 0 Å². The van der Waals surface area contributed by atoms with Crippen molar-refractivity contribution < 1.29 is 19.1 Å². The quantitative estimate of drug-likeness (QED) is 0.199. The van der Waals surface area contributed by atoms with Gasteiger partial charge in [0.15, 0.2) is 0 Å². The van der Waals surface area contributed by atoms with Crippen LogP contribution in [0.5, 0.6) is 0 Å². The number of carbonyl (C=O) groups is 1. The van der Waals surface area contributed by atoms with Crippen LogP contribution in [0.15, 0.2) is 103 Å². The zero-order valence-electron chi connectivity index (χ0n) is 23.0. The van der Waals surface area contributed by atoms with Gasteiger partial charge in [-0.3, -0.25) is 4.90 Å². The number of carbonyl (C=O) groups excluding carboxylic acids is 1. The van der Waals surface area contributed by atoms with Gasteiger partial charge in [0.2, 0.25) is 0 Å². The first-order valence-corrected chi connectivity index (χ1v) is 15.2. The molecule has 0 aliphatic heterocycles. The number of nitrogens with zero attached hydrogens (tertiary/aromatic N) is 1. The maximum atomic E-state index is 12.3. The molecule has 0 saturated heterocycles. The summed E-state index contributed by atoms with van der Waals surface area (Å²) in [5, 5.41) is 12.2. The summed E-state index contributed by atoms with van der Waals surface area (Å²) in [6.45, 7) is 10.3. The Morgan fingerprint density at radius 1 is 0.921 bits per heavy atom. The highest BCUT2D eigenvalue weighted by Gasteiger charge is 2.50. The Kier molecular flexibility index (Phi) is 11.0. The van der Waals surface area contributed by atoms with Gasteiger partial charge in [0, 0.05) is 19.2 Å². The highest BCUT2D eigenvalue weighted by Crippen LogP contribution is 2.37. The number of hydrogen-bond acceptors (Lipinski definition) is 5. The third kappa shape index (κ3) is 7.51. The van der Waals surface area contributed by atoms with Crippen LogP contribution < -0.4 is 10.4 Å². The predicted molar refractivity (Wildman–Crippen MR) is 157 cm³/mol. The lowest BCUT2D eigenvalue weighted by molar-refractivity contribution is -0.137. The summed E-state index contributed by atoms with van der Waals surface area (Å²) in [7, 11) is -2.78.